The summed E-state index contributed by atoms with van der Waals surface area (Å²) in [6.07, 6.45) is 0.786. The maximum Gasteiger partial charge on any atom is 0.289 e. The number of rotatable bonds is 4. The van der Waals surface area contributed by atoms with Gasteiger partial charge < -0.3 is 15.6 Å². The van der Waals surface area contributed by atoms with E-state index in [-0.39, 0.29) is 30.3 Å². The van der Waals surface area contributed by atoms with Gasteiger partial charge in [0.2, 0.25) is 11.7 Å². The highest BCUT2D eigenvalue weighted by Crippen LogP contribution is 2.51. The van der Waals surface area contributed by atoms with Gasteiger partial charge in [-0.25, -0.2) is 8.78 Å². The number of fused-ring (bicyclic) bond motifs is 1. The van der Waals surface area contributed by atoms with Crippen LogP contribution in [0.25, 0.3) is 0 Å². The Balaban J connectivity index is 1.32. The quantitative estimate of drug-likeness (QED) is 0.582. The molecular weight excluding hydrogens is 418 g/mol. The minimum Gasteiger partial charge on any atom is -0.335 e. The Labute approximate surface area is 180 Å². The van der Waals surface area contributed by atoms with Crippen LogP contribution in [0.4, 0.5) is 14.5 Å². The lowest BCUT2D eigenvalue weighted by Crippen LogP contribution is -2.62. The van der Waals surface area contributed by atoms with E-state index in [1.807, 2.05) is 6.07 Å². The Hall–Kier alpha value is -4.13. The maximum absolute atomic E-state index is 14.2. The van der Waals surface area contributed by atoms with E-state index in [0.717, 1.165) is 11.6 Å². The van der Waals surface area contributed by atoms with E-state index in [1.165, 1.54) is 6.07 Å². The molecule has 3 heterocycles. The van der Waals surface area contributed by atoms with E-state index in [4.69, 9.17) is 5.26 Å². The highest BCUT2D eigenvalue weighted by Gasteiger charge is 2.55. The molecule has 0 atom stereocenters. The van der Waals surface area contributed by atoms with Crippen LogP contribution in [0.2, 0.25) is 0 Å². The second-order valence-corrected chi connectivity index (χ2v) is 8.06. The Kier molecular flexibility index (Phi) is 4.48. The molecule has 10 heteroatoms. The van der Waals surface area contributed by atoms with Gasteiger partial charge in [-0.2, -0.15) is 5.26 Å². The van der Waals surface area contributed by atoms with Crippen LogP contribution in [0.3, 0.4) is 0 Å². The van der Waals surface area contributed by atoms with Crippen molar-refractivity contribution in [3.05, 3.63) is 76.4 Å². The van der Waals surface area contributed by atoms with Crippen LogP contribution in [0.1, 0.15) is 51.9 Å². The lowest BCUT2D eigenvalue weighted by Gasteiger charge is -2.44. The first kappa shape index (κ1) is 19.8. The van der Waals surface area contributed by atoms with Crippen LogP contribution in [-0.2, 0) is 11.2 Å². The van der Waals surface area contributed by atoms with Crippen molar-refractivity contribution in [2.24, 2.45) is 0 Å². The van der Waals surface area contributed by atoms with E-state index >= 15 is 0 Å². The van der Waals surface area contributed by atoms with E-state index in [1.54, 1.807) is 18.2 Å². The standard InChI is InChI=1S/C22H16F2N6O2/c23-14-6-15-13-8-22(9-13,21(32)27-18(15)16(24)7-14)28-20(31)19-26-17(29-30-19)5-11-2-1-3-12(4-11)10-25/h1-4,6-7,13H,5,8-9H2,(H,27,32)(H,28,31)(H,26,29,30)/t13-,22+. The fourth-order valence-electron chi connectivity index (χ4n) is 4.33. The summed E-state index contributed by atoms with van der Waals surface area (Å²) in [6, 6.07) is 11.0. The number of aromatic amines is 1. The Morgan fingerprint density at radius 3 is 2.84 bits per heavy atom. The average Bonchev–Trinajstić information content (AvgIpc) is 3.12. The third kappa shape index (κ3) is 3.28. The predicted octanol–water partition coefficient (Wildman–Crippen LogP) is 2.54. The summed E-state index contributed by atoms with van der Waals surface area (Å²) in [4.78, 5) is 28.4. The average molecular weight is 434 g/mol. The number of benzene rings is 2. The molecule has 1 saturated carbocycles. The van der Waals surface area contributed by atoms with Crippen molar-refractivity contribution in [3.8, 4) is 6.07 Å². The number of amides is 2. The molecule has 0 saturated heterocycles. The number of carbonyl (C=O) groups is 2. The third-order valence-corrected chi connectivity index (χ3v) is 5.92. The SMILES string of the molecule is N#Cc1cccc(Cc2nnc(C(=O)N[C@]34C[C@@H](C3)c3cc(F)cc(F)c3NC4=O)[nH]2)c1. The first-order chi connectivity index (χ1) is 15.4. The van der Waals surface area contributed by atoms with Crippen molar-refractivity contribution >= 4 is 17.5 Å². The number of aromatic nitrogens is 3. The molecular formula is C22H16F2N6O2. The van der Waals surface area contributed by atoms with Crippen molar-refractivity contribution in [2.45, 2.75) is 30.7 Å². The molecule has 8 nitrogen and oxygen atoms in total. The van der Waals surface area contributed by atoms with Crippen LogP contribution in [0, 0.1) is 23.0 Å². The molecule has 3 aromatic rings. The minimum absolute atomic E-state index is 0.0448. The molecule has 3 N–H and O–H groups in total. The normalized spacial score (nSPS) is 20.9. The zero-order chi connectivity index (χ0) is 22.5. The summed E-state index contributed by atoms with van der Waals surface area (Å²) >= 11 is 0. The highest BCUT2D eigenvalue weighted by molar-refractivity contribution is 6.05. The predicted molar refractivity (Wildman–Crippen MR) is 108 cm³/mol. The molecule has 1 fully saturated rings. The van der Waals surface area contributed by atoms with Crippen molar-refractivity contribution in [1.82, 2.24) is 20.5 Å². The van der Waals surface area contributed by atoms with Gasteiger partial charge in [-0.1, -0.05) is 12.1 Å². The van der Waals surface area contributed by atoms with Gasteiger partial charge >= 0.3 is 0 Å². The van der Waals surface area contributed by atoms with Gasteiger partial charge in [0.1, 0.15) is 23.0 Å². The Morgan fingerprint density at radius 2 is 2.06 bits per heavy atom. The van der Waals surface area contributed by atoms with E-state index in [9.17, 15) is 18.4 Å². The zero-order valence-electron chi connectivity index (χ0n) is 16.6. The van der Waals surface area contributed by atoms with E-state index in [2.05, 4.69) is 31.9 Å². The first-order valence-corrected chi connectivity index (χ1v) is 9.90. The van der Waals surface area contributed by atoms with Crippen molar-refractivity contribution in [3.63, 3.8) is 0 Å². The molecule has 2 bridgehead atoms. The van der Waals surface area contributed by atoms with Gasteiger partial charge in [0, 0.05) is 12.5 Å². The number of H-pyrrole nitrogens is 1. The maximum atomic E-state index is 14.2. The molecule has 1 aliphatic carbocycles. The number of halogens is 2. The second-order valence-electron chi connectivity index (χ2n) is 8.06. The summed E-state index contributed by atoms with van der Waals surface area (Å²) < 4.78 is 27.8. The number of nitriles is 1. The summed E-state index contributed by atoms with van der Waals surface area (Å²) in [5.74, 6) is -2.64. The van der Waals surface area contributed by atoms with Gasteiger partial charge in [-0.05, 0) is 48.1 Å². The third-order valence-electron chi connectivity index (χ3n) is 5.92. The zero-order valence-corrected chi connectivity index (χ0v) is 16.6. The minimum atomic E-state index is -1.24. The molecule has 160 valence electrons. The van der Waals surface area contributed by atoms with E-state index < -0.39 is 29.0 Å². The second kappa shape index (κ2) is 7.23. The summed E-state index contributed by atoms with van der Waals surface area (Å²) in [7, 11) is 0. The largest absolute Gasteiger partial charge is 0.335 e. The Morgan fingerprint density at radius 1 is 1.25 bits per heavy atom. The number of nitrogens with one attached hydrogen (secondary N) is 3. The topological polar surface area (TPSA) is 124 Å². The number of hydrogen-bond donors (Lipinski definition) is 3. The summed E-state index contributed by atoms with van der Waals surface area (Å²) in [6.45, 7) is 0. The fraction of sp³-hybridized carbons (Fsp3) is 0.227. The number of anilines is 1. The van der Waals surface area contributed by atoms with Gasteiger partial charge in [-0.3, -0.25) is 9.59 Å². The van der Waals surface area contributed by atoms with Crippen LogP contribution >= 0.6 is 0 Å². The van der Waals surface area contributed by atoms with Crippen LogP contribution < -0.4 is 10.6 Å². The van der Waals surface area contributed by atoms with Gasteiger partial charge in [-0.15, -0.1) is 10.2 Å². The lowest BCUT2D eigenvalue weighted by molar-refractivity contribution is -0.125. The molecule has 0 unspecified atom stereocenters. The molecule has 0 spiro atoms. The number of hydrogen-bond acceptors (Lipinski definition) is 5. The number of carbonyl (C=O) groups excluding carboxylic acids is 2. The summed E-state index contributed by atoms with van der Waals surface area (Å²) in [5, 5.41) is 22.0. The fourth-order valence-corrected chi connectivity index (χ4v) is 4.33. The highest BCUT2D eigenvalue weighted by atomic mass is 19.1. The molecule has 32 heavy (non-hydrogen) atoms. The number of nitrogens with zero attached hydrogens (tertiary/aromatic N) is 3. The molecule has 6 rings (SSSR count). The molecule has 2 aromatic carbocycles. The molecule has 3 aliphatic rings. The first-order valence-electron chi connectivity index (χ1n) is 9.90. The summed E-state index contributed by atoms with van der Waals surface area (Å²) in [5.41, 5.74) is 0.437. The monoisotopic (exact) mass is 434 g/mol. The molecule has 2 aliphatic heterocycles. The molecule has 1 aromatic heterocycles. The van der Waals surface area contributed by atoms with Crippen molar-refractivity contribution < 1.29 is 18.4 Å². The Bertz CT molecular complexity index is 1310. The smallest absolute Gasteiger partial charge is 0.289 e. The molecule has 2 amide bonds. The lowest BCUT2D eigenvalue weighted by atomic mass is 9.66. The van der Waals surface area contributed by atoms with Crippen LogP contribution in [-0.4, -0.2) is 32.5 Å². The van der Waals surface area contributed by atoms with Gasteiger partial charge in [0.05, 0.1) is 17.3 Å². The van der Waals surface area contributed by atoms with Gasteiger partial charge in [0.15, 0.2) is 0 Å². The van der Waals surface area contributed by atoms with Crippen molar-refractivity contribution in [2.75, 3.05) is 5.32 Å². The molecule has 0 radical (unpaired) electrons. The van der Waals surface area contributed by atoms with E-state index in [0.29, 0.717) is 23.4 Å². The van der Waals surface area contributed by atoms with Crippen LogP contribution in [0.15, 0.2) is 36.4 Å². The van der Waals surface area contributed by atoms with Crippen molar-refractivity contribution in [1.29, 1.82) is 5.26 Å². The van der Waals surface area contributed by atoms with Crippen LogP contribution in [0.5, 0.6) is 0 Å². The van der Waals surface area contributed by atoms with Gasteiger partial charge in [0.25, 0.3) is 5.91 Å².